The van der Waals surface area contributed by atoms with E-state index in [1.165, 1.54) is 0 Å². The molecule has 180 valence electrons. The molecule has 1 aliphatic rings. The topological polar surface area (TPSA) is 100 Å². The molecule has 1 saturated carbocycles. The van der Waals surface area contributed by atoms with Crippen molar-refractivity contribution in [1.29, 1.82) is 0 Å². The quantitative estimate of drug-likeness (QED) is 0.357. The number of halogens is 4. The fraction of sp³-hybridized carbons (Fsp3) is 0.348. The molecule has 3 N–H and O–H groups in total. The summed E-state index contributed by atoms with van der Waals surface area (Å²) in [5, 5.41) is 22.0. The number of aromatic nitrogens is 3. The van der Waals surface area contributed by atoms with Crippen molar-refractivity contribution in [1.82, 2.24) is 14.5 Å². The maximum Gasteiger partial charge on any atom is 0.431 e. The van der Waals surface area contributed by atoms with E-state index in [-0.39, 0.29) is 29.9 Å². The molecule has 7 nitrogen and oxygen atoms in total. The van der Waals surface area contributed by atoms with Crippen LogP contribution >= 0.6 is 0 Å². The van der Waals surface area contributed by atoms with Crippen LogP contribution in [-0.4, -0.2) is 55.5 Å². The van der Waals surface area contributed by atoms with Crippen LogP contribution < -0.4 is 5.32 Å². The van der Waals surface area contributed by atoms with Gasteiger partial charge in [0.05, 0.1) is 17.7 Å². The number of nitrogens with zero attached hydrogens (tertiary/aromatic N) is 3. The molecule has 0 radical (unpaired) electrons. The lowest BCUT2D eigenvalue weighted by Gasteiger charge is -2.18. The molecule has 2 aromatic heterocycles. The highest BCUT2D eigenvalue weighted by atomic mass is 19.4. The Morgan fingerprint density at radius 3 is 2.62 bits per heavy atom. The first-order valence-corrected chi connectivity index (χ1v) is 10.5. The van der Waals surface area contributed by atoms with Gasteiger partial charge in [0.15, 0.2) is 5.78 Å². The van der Waals surface area contributed by atoms with Crippen molar-refractivity contribution in [3.8, 4) is 0 Å². The summed E-state index contributed by atoms with van der Waals surface area (Å²) in [5.41, 5.74) is -0.723. The SMILES string of the molecule is O=C(c1cc(C(F)(F)F)n(Cc2ccccc2)c1)c1cncnc1NC1CC(CO)C(O)C1F. The third-order valence-corrected chi connectivity index (χ3v) is 5.91. The Balaban J connectivity index is 1.64. The number of benzene rings is 1. The van der Waals surface area contributed by atoms with Crippen LogP contribution in [-0.2, 0) is 12.7 Å². The Kier molecular flexibility index (Phi) is 6.67. The van der Waals surface area contributed by atoms with Crippen LogP contribution in [0.1, 0.15) is 33.6 Å². The van der Waals surface area contributed by atoms with E-state index >= 15 is 0 Å². The highest BCUT2D eigenvalue weighted by molar-refractivity contribution is 6.11. The normalized spacial score (nSPS) is 22.6. The molecule has 0 spiro atoms. The molecule has 0 aliphatic heterocycles. The number of hydrogen-bond acceptors (Lipinski definition) is 6. The molecule has 1 fully saturated rings. The van der Waals surface area contributed by atoms with Crippen LogP contribution in [0, 0.1) is 5.92 Å². The average Bonchev–Trinajstić information content (AvgIpc) is 3.36. The zero-order valence-electron chi connectivity index (χ0n) is 17.8. The minimum Gasteiger partial charge on any atom is -0.396 e. The first-order chi connectivity index (χ1) is 16.2. The maximum absolute atomic E-state index is 14.5. The van der Waals surface area contributed by atoms with E-state index in [9.17, 15) is 32.6 Å². The third-order valence-electron chi connectivity index (χ3n) is 5.91. The number of alkyl halides is 4. The second kappa shape index (κ2) is 9.51. The number of aliphatic hydroxyl groups is 2. The van der Waals surface area contributed by atoms with Gasteiger partial charge in [-0.2, -0.15) is 13.2 Å². The van der Waals surface area contributed by atoms with Crippen molar-refractivity contribution in [3.63, 3.8) is 0 Å². The van der Waals surface area contributed by atoms with E-state index in [0.717, 1.165) is 29.4 Å². The van der Waals surface area contributed by atoms with Gasteiger partial charge in [0.2, 0.25) is 0 Å². The molecular weight excluding hydrogens is 456 g/mol. The van der Waals surface area contributed by atoms with Crippen molar-refractivity contribution in [3.05, 3.63) is 77.5 Å². The highest BCUT2D eigenvalue weighted by Crippen LogP contribution is 2.34. The molecule has 1 aliphatic carbocycles. The van der Waals surface area contributed by atoms with E-state index in [1.54, 1.807) is 30.3 Å². The van der Waals surface area contributed by atoms with Crippen molar-refractivity contribution < 1.29 is 32.6 Å². The summed E-state index contributed by atoms with van der Waals surface area (Å²) < 4.78 is 56.5. The number of ketones is 1. The molecule has 4 atom stereocenters. The highest BCUT2D eigenvalue weighted by Gasteiger charge is 2.43. The van der Waals surface area contributed by atoms with Gasteiger partial charge in [0.25, 0.3) is 0 Å². The Labute approximate surface area is 192 Å². The number of carbonyl (C=O) groups excluding carboxylic acids is 1. The number of rotatable bonds is 7. The molecule has 0 bridgehead atoms. The maximum atomic E-state index is 14.5. The van der Waals surface area contributed by atoms with E-state index in [4.69, 9.17) is 0 Å². The van der Waals surface area contributed by atoms with Gasteiger partial charge in [0, 0.05) is 37.0 Å². The van der Waals surface area contributed by atoms with Gasteiger partial charge >= 0.3 is 6.18 Å². The third kappa shape index (κ3) is 4.80. The first kappa shape index (κ1) is 23.8. The summed E-state index contributed by atoms with van der Waals surface area (Å²) in [6.45, 7) is -0.504. The lowest BCUT2D eigenvalue weighted by atomic mass is 10.1. The van der Waals surface area contributed by atoms with Crippen molar-refractivity contribution >= 4 is 11.6 Å². The van der Waals surface area contributed by atoms with Gasteiger partial charge in [-0.15, -0.1) is 0 Å². The predicted molar refractivity (Wildman–Crippen MR) is 114 cm³/mol. The molecule has 4 unspecified atom stereocenters. The summed E-state index contributed by atoms with van der Waals surface area (Å²) in [4.78, 5) is 20.9. The minimum absolute atomic E-state index is 0.0668. The number of aliphatic hydroxyl groups excluding tert-OH is 2. The van der Waals surface area contributed by atoms with Gasteiger partial charge in [-0.25, -0.2) is 14.4 Å². The largest absolute Gasteiger partial charge is 0.431 e. The average molecular weight is 478 g/mol. The Morgan fingerprint density at radius 1 is 1.24 bits per heavy atom. The molecular formula is C23H22F4N4O3. The Bertz CT molecular complexity index is 1150. The van der Waals surface area contributed by atoms with E-state index in [1.807, 2.05) is 0 Å². The van der Waals surface area contributed by atoms with E-state index in [0.29, 0.717) is 5.56 Å². The van der Waals surface area contributed by atoms with Crippen LogP contribution in [0.4, 0.5) is 23.4 Å². The fourth-order valence-electron chi connectivity index (χ4n) is 4.14. The van der Waals surface area contributed by atoms with Crippen LogP contribution in [0.3, 0.4) is 0 Å². The summed E-state index contributed by atoms with van der Waals surface area (Å²) >= 11 is 0. The van der Waals surface area contributed by atoms with Gasteiger partial charge in [-0.3, -0.25) is 4.79 Å². The summed E-state index contributed by atoms with van der Waals surface area (Å²) in [5.74, 6) is -1.52. The smallest absolute Gasteiger partial charge is 0.396 e. The predicted octanol–water partition coefficient (Wildman–Crippen LogP) is 3.07. The van der Waals surface area contributed by atoms with E-state index < -0.39 is 48.5 Å². The minimum atomic E-state index is -4.69. The Hall–Kier alpha value is -3.31. The number of hydrogen-bond donors (Lipinski definition) is 3. The zero-order valence-corrected chi connectivity index (χ0v) is 17.8. The number of nitrogens with one attached hydrogen (secondary N) is 1. The van der Waals surface area contributed by atoms with Crippen LogP contribution in [0.15, 0.2) is 55.1 Å². The van der Waals surface area contributed by atoms with Gasteiger partial charge < -0.3 is 20.1 Å². The summed E-state index contributed by atoms with van der Waals surface area (Å²) in [7, 11) is 0. The second-order valence-electron chi connectivity index (χ2n) is 8.20. The van der Waals surface area contributed by atoms with Gasteiger partial charge in [-0.1, -0.05) is 30.3 Å². The monoisotopic (exact) mass is 478 g/mol. The fourth-order valence-corrected chi connectivity index (χ4v) is 4.14. The van der Waals surface area contributed by atoms with Gasteiger partial charge in [0.1, 0.15) is 24.0 Å². The second-order valence-corrected chi connectivity index (χ2v) is 8.20. The van der Waals surface area contributed by atoms with Crippen LogP contribution in [0.5, 0.6) is 0 Å². The first-order valence-electron chi connectivity index (χ1n) is 10.5. The lowest BCUT2D eigenvalue weighted by Crippen LogP contribution is -2.32. The van der Waals surface area contributed by atoms with Crippen molar-refractivity contribution in [2.75, 3.05) is 11.9 Å². The van der Waals surface area contributed by atoms with Crippen molar-refractivity contribution in [2.45, 2.75) is 37.5 Å². The molecule has 11 heteroatoms. The molecule has 1 aromatic carbocycles. The summed E-state index contributed by atoms with van der Waals surface area (Å²) in [6.07, 6.45) is -4.34. The van der Waals surface area contributed by atoms with Crippen LogP contribution in [0.2, 0.25) is 0 Å². The number of carbonyl (C=O) groups is 1. The lowest BCUT2D eigenvalue weighted by molar-refractivity contribution is -0.143. The molecule has 2 heterocycles. The van der Waals surface area contributed by atoms with Gasteiger partial charge in [-0.05, 0) is 18.1 Å². The van der Waals surface area contributed by atoms with Crippen molar-refractivity contribution in [2.24, 2.45) is 5.92 Å². The molecule has 34 heavy (non-hydrogen) atoms. The molecule has 4 rings (SSSR count). The summed E-state index contributed by atoms with van der Waals surface area (Å²) in [6, 6.07) is 8.34. The Morgan fingerprint density at radius 2 is 1.97 bits per heavy atom. The molecule has 0 amide bonds. The standard InChI is InChI=1S/C23H22F4N4O3/c24-19-17(6-15(11-32)21(19)34)30-22-16(8-28-12-29-22)20(33)14-7-18(23(25,26)27)31(10-14)9-13-4-2-1-3-5-13/h1-5,7-8,10,12,15,17,19,21,32,34H,6,9,11H2,(H,28,29,30). The van der Waals surface area contributed by atoms with E-state index in [2.05, 4.69) is 15.3 Å². The molecule has 0 saturated heterocycles. The zero-order chi connectivity index (χ0) is 24.5. The number of anilines is 1. The van der Waals surface area contributed by atoms with Crippen LogP contribution in [0.25, 0.3) is 0 Å². The molecule has 3 aromatic rings.